The molecule has 1 N–H and O–H groups in total. The van der Waals surface area contributed by atoms with E-state index in [1.165, 1.54) is 31.4 Å². The lowest BCUT2D eigenvalue weighted by molar-refractivity contribution is -0.137. The van der Waals surface area contributed by atoms with Crippen LogP contribution in [0.5, 0.6) is 11.5 Å². The molecule has 3 rings (SSSR count). The van der Waals surface area contributed by atoms with Gasteiger partial charge in [0.2, 0.25) is 0 Å². The number of aromatic hydroxyl groups is 1. The number of hydrogen-bond donors (Lipinski definition) is 1. The van der Waals surface area contributed by atoms with Crippen LogP contribution in [-0.2, 0) is 17.0 Å². The molecule has 0 fully saturated rings. The van der Waals surface area contributed by atoms with E-state index in [9.17, 15) is 40.9 Å². The third-order valence-electron chi connectivity index (χ3n) is 4.42. The van der Waals surface area contributed by atoms with Gasteiger partial charge in [0.05, 0.1) is 22.7 Å². The molecule has 0 aliphatic heterocycles. The Bertz CT molecular complexity index is 1410. The van der Waals surface area contributed by atoms with E-state index in [-0.39, 0.29) is 17.1 Å². The normalized spacial score (nSPS) is 13.1. The number of aromatic nitrogens is 2. The smallest absolute Gasteiger partial charge is 0.476 e. The highest BCUT2D eigenvalue weighted by atomic mass is 35.5. The van der Waals surface area contributed by atoms with Crippen LogP contribution in [0.1, 0.15) is 16.8 Å². The van der Waals surface area contributed by atoms with Crippen LogP contribution < -0.4 is 4.74 Å². The standard InChI is InChI=1S/C20H10Cl2F6N4O3S/c1-35-15-4-9(2-3-14(15)33)8-30-18-17(36(34)20(26,27)28)13(7-29)31-32(18)16-11(21)5-10(6-12(16)22)19(23,24)25/h2-6,8,33H,1H3. The zero-order valence-electron chi connectivity index (χ0n) is 17.4. The fourth-order valence-corrected chi connectivity index (χ4v) is 4.31. The Kier molecular flexibility index (Phi) is 7.58. The van der Waals surface area contributed by atoms with Gasteiger partial charge in [-0.2, -0.15) is 36.7 Å². The van der Waals surface area contributed by atoms with Crippen molar-refractivity contribution in [2.24, 2.45) is 4.99 Å². The first kappa shape index (κ1) is 27.3. The lowest BCUT2D eigenvalue weighted by Crippen LogP contribution is -2.17. The zero-order valence-corrected chi connectivity index (χ0v) is 19.8. The molecule has 0 bridgehead atoms. The summed E-state index contributed by atoms with van der Waals surface area (Å²) in [6.45, 7) is 0. The number of halogens is 8. The Morgan fingerprint density at radius 1 is 1.17 bits per heavy atom. The van der Waals surface area contributed by atoms with Gasteiger partial charge in [0.15, 0.2) is 33.8 Å². The average Bonchev–Trinajstić information content (AvgIpc) is 3.14. The van der Waals surface area contributed by atoms with Gasteiger partial charge in [0, 0.05) is 6.21 Å². The summed E-state index contributed by atoms with van der Waals surface area (Å²) in [6.07, 6.45) is -3.89. The first-order valence-corrected chi connectivity index (χ1v) is 11.1. The molecule has 7 nitrogen and oxygen atoms in total. The van der Waals surface area contributed by atoms with Crippen molar-refractivity contribution < 1.29 is 40.4 Å². The quantitative estimate of drug-likeness (QED) is 0.292. The lowest BCUT2D eigenvalue weighted by Gasteiger charge is -2.13. The van der Waals surface area contributed by atoms with Gasteiger partial charge in [-0.05, 0) is 35.9 Å². The second-order valence-electron chi connectivity index (χ2n) is 6.72. The lowest BCUT2D eigenvalue weighted by atomic mass is 10.2. The number of rotatable bonds is 5. The minimum absolute atomic E-state index is 0.0157. The molecule has 1 atom stereocenters. The van der Waals surface area contributed by atoms with Gasteiger partial charge in [-0.25, -0.2) is 13.9 Å². The number of hydrogen-bond acceptors (Lipinski definition) is 6. The highest BCUT2D eigenvalue weighted by Gasteiger charge is 2.43. The molecule has 2 aromatic carbocycles. The zero-order chi connectivity index (χ0) is 27.0. The molecule has 0 spiro atoms. The van der Waals surface area contributed by atoms with E-state index < -0.39 is 60.2 Å². The number of phenolic OH excluding ortho intramolecular Hbond substituents is 1. The number of aliphatic imine (C=N–C) groups is 1. The Hall–Kier alpha value is -3.28. The Labute approximate surface area is 210 Å². The Morgan fingerprint density at radius 2 is 1.78 bits per heavy atom. The maximum atomic E-state index is 13.4. The minimum atomic E-state index is -5.35. The van der Waals surface area contributed by atoms with Crippen LogP contribution in [-0.4, -0.2) is 37.9 Å². The second kappa shape index (κ2) is 10.00. The molecule has 0 saturated heterocycles. The molecule has 0 aliphatic carbocycles. The molecule has 1 unspecified atom stereocenters. The molecule has 1 heterocycles. The maximum Gasteiger partial charge on any atom is 0.476 e. The molecule has 190 valence electrons. The van der Waals surface area contributed by atoms with Crippen LogP contribution in [0.3, 0.4) is 0 Å². The monoisotopic (exact) mass is 570 g/mol. The van der Waals surface area contributed by atoms with Gasteiger partial charge in [0.1, 0.15) is 16.7 Å². The van der Waals surface area contributed by atoms with Gasteiger partial charge in [-0.3, -0.25) is 0 Å². The molecule has 0 saturated carbocycles. The van der Waals surface area contributed by atoms with Crippen molar-refractivity contribution in [2.45, 2.75) is 16.6 Å². The van der Waals surface area contributed by atoms with Gasteiger partial charge < -0.3 is 9.84 Å². The molecule has 36 heavy (non-hydrogen) atoms. The van der Waals surface area contributed by atoms with Gasteiger partial charge in [-0.1, -0.05) is 23.2 Å². The third kappa shape index (κ3) is 5.43. The molecule has 16 heteroatoms. The summed E-state index contributed by atoms with van der Waals surface area (Å²) in [4.78, 5) is 2.70. The highest BCUT2D eigenvalue weighted by Crippen LogP contribution is 2.42. The number of methoxy groups -OCH3 is 1. The van der Waals surface area contributed by atoms with E-state index in [2.05, 4.69) is 10.1 Å². The minimum Gasteiger partial charge on any atom is -0.504 e. The SMILES string of the molecule is COc1cc(C=Nc2c(S(=O)C(F)(F)F)c(C#N)nn2-c2c(Cl)cc(C(F)(F)F)cc2Cl)ccc1O. The van der Waals surface area contributed by atoms with E-state index in [0.717, 1.165) is 6.21 Å². The Balaban J connectivity index is 2.32. The number of nitriles is 1. The first-order chi connectivity index (χ1) is 16.7. The van der Waals surface area contributed by atoms with Crippen molar-refractivity contribution >= 4 is 46.0 Å². The summed E-state index contributed by atoms with van der Waals surface area (Å²) < 4.78 is 97.2. The fourth-order valence-electron chi connectivity index (χ4n) is 2.87. The molecule has 0 radical (unpaired) electrons. The topological polar surface area (TPSA) is 101 Å². The van der Waals surface area contributed by atoms with E-state index >= 15 is 0 Å². The van der Waals surface area contributed by atoms with Crippen LogP contribution in [0.2, 0.25) is 10.0 Å². The summed E-state index contributed by atoms with van der Waals surface area (Å²) >= 11 is 11.9. The van der Waals surface area contributed by atoms with Gasteiger partial charge >= 0.3 is 11.7 Å². The van der Waals surface area contributed by atoms with Crippen LogP contribution in [0.15, 0.2) is 40.2 Å². The fraction of sp³-hybridized carbons (Fsp3) is 0.150. The number of benzene rings is 2. The summed E-state index contributed by atoms with van der Waals surface area (Å²) in [7, 11) is -2.59. The van der Waals surface area contributed by atoms with E-state index in [1.807, 2.05) is 0 Å². The van der Waals surface area contributed by atoms with Crippen LogP contribution >= 0.6 is 23.2 Å². The summed E-state index contributed by atoms with van der Waals surface area (Å²) in [5.74, 6) is -1.11. The van der Waals surface area contributed by atoms with E-state index in [0.29, 0.717) is 16.8 Å². The molecular formula is C20H10Cl2F6N4O3S. The van der Waals surface area contributed by atoms with Crippen LogP contribution in [0.4, 0.5) is 32.2 Å². The molecular weight excluding hydrogens is 561 g/mol. The van der Waals surface area contributed by atoms with E-state index in [1.54, 1.807) is 0 Å². The molecule has 1 aromatic heterocycles. The predicted molar refractivity (Wildman–Crippen MR) is 118 cm³/mol. The molecule has 0 aliphatic rings. The number of phenols is 1. The number of alkyl halides is 6. The predicted octanol–water partition coefficient (Wildman–Crippen LogP) is 6.16. The highest BCUT2D eigenvalue weighted by molar-refractivity contribution is 7.86. The molecule has 0 amide bonds. The maximum absolute atomic E-state index is 13.4. The largest absolute Gasteiger partial charge is 0.504 e. The third-order valence-corrected chi connectivity index (χ3v) is 6.16. The van der Waals surface area contributed by atoms with E-state index in [4.69, 9.17) is 27.9 Å². The van der Waals surface area contributed by atoms with Crippen molar-refractivity contribution in [3.63, 3.8) is 0 Å². The second-order valence-corrected chi connectivity index (χ2v) is 8.94. The van der Waals surface area contributed by atoms with Crippen molar-refractivity contribution in [3.05, 3.63) is 57.2 Å². The average molecular weight is 571 g/mol. The first-order valence-electron chi connectivity index (χ1n) is 9.18. The van der Waals surface area contributed by atoms with Gasteiger partial charge in [0.25, 0.3) is 0 Å². The summed E-state index contributed by atoms with van der Waals surface area (Å²) in [5.41, 5.74) is -7.95. The van der Waals surface area contributed by atoms with Crippen molar-refractivity contribution in [3.8, 4) is 23.3 Å². The number of nitrogens with zero attached hydrogens (tertiary/aromatic N) is 4. The van der Waals surface area contributed by atoms with Crippen LogP contribution in [0.25, 0.3) is 5.69 Å². The summed E-state index contributed by atoms with van der Waals surface area (Å²) in [5, 5.41) is 21.3. The van der Waals surface area contributed by atoms with Gasteiger partial charge in [-0.15, -0.1) is 0 Å². The number of ether oxygens (including phenoxy) is 1. The van der Waals surface area contributed by atoms with Crippen LogP contribution in [0, 0.1) is 11.3 Å². The summed E-state index contributed by atoms with van der Waals surface area (Å²) in [6, 6.07) is 6.01. The van der Waals surface area contributed by atoms with Crippen molar-refractivity contribution in [1.82, 2.24) is 9.78 Å². The van der Waals surface area contributed by atoms with Crippen molar-refractivity contribution in [2.75, 3.05) is 7.11 Å². The van der Waals surface area contributed by atoms with Crippen molar-refractivity contribution in [1.29, 1.82) is 5.26 Å². The molecule has 3 aromatic rings. The Morgan fingerprint density at radius 3 is 2.28 bits per heavy atom.